The number of esters is 2. The highest BCUT2D eigenvalue weighted by atomic mass is 35.6. The Morgan fingerprint density at radius 2 is 1.00 bits per heavy atom. The number of alkyl halides is 4. The summed E-state index contributed by atoms with van der Waals surface area (Å²) in [5, 5.41) is 0. The molecule has 0 N–H and O–H groups in total. The summed E-state index contributed by atoms with van der Waals surface area (Å²) >= 11 is 23.4. The normalized spacial score (nSPS) is 11.7. The van der Waals surface area contributed by atoms with E-state index in [1.807, 2.05) is 0 Å². The smallest absolute Gasteiger partial charge is 0.348 e. The summed E-state index contributed by atoms with van der Waals surface area (Å²) in [5.74, 6) is -2.27. The van der Waals surface area contributed by atoms with Crippen LogP contribution < -0.4 is 9.47 Å². The van der Waals surface area contributed by atoms with Crippen molar-refractivity contribution in [3.8, 4) is 11.5 Å². The van der Waals surface area contributed by atoms with Crippen LogP contribution in [-0.4, -0.2) is 20.6 Å². The van der Waals surface area contributed by atoms with E-state index in [4.69, 9.17) is 55.9 Å². The minimum absolute atomic E-state index is 0.134. The maximum absolute atomic E-state index is 12.4. The fourth-order valence-corrected chi connectivity index (χ4v) is 2.19. The molecule has 0 spiro atoms. The Morgan fingerprint density at radius 3 is 1.29 bits per heavy atom. The summed E-state index contributed by atoms with van der Waals surface area (Å²) in [7, 11) is 0. The zero-order valence-corrected chi connectivity index (χ0v) is 14.9. The minimum Gasteiger partial charge on any atom is -0.425 e. The van der Waals surface area contributed by atoms with Crippen LogP contribution in [-0.2, 0) is 9.59 Å². The van der Waals surface area contributed by atoms with Crippen molar-refractivity contribution in [3.63, 3.8) is 0 Å². The second kappa shape index (κ2) is 7.62. The van der Waals surface area contributed by atoms with Gasteiger partial charge in [0.1, 0.15) is 11.5 Å². The molecule has 0 aliphatic carbocycles. The van der Waals surface area contributed by atoms with Gasteiger partial charge in [0.2, 0.25) is 3.79 Å². The van der Waals surface area contributed by atoms with E-state index in [9.17, 15) is 9.59 Å². The highest BCUT2D eigenvalue weighted by Crippen LogP contribution is 2.45. The molecule has 0 aromatic heterocycles. The van der Waals surface area contributed by atoms with Gasteiger partial charge >= 0.3 is 11.9 Å². The molecule has 0 atom stereocenters. The van der Waals surface area contributed by atoms with Crippen LogP contribution in [0, 0.1) is 0 Å². The third-order valence-electron chi connectivity index (χ3n) is 2.86. The molecule has 0 heterocycles. The Balaban J connectivity index is 2.28. The Morgan fingerprint density at radius 1 is 0.667 bits per heavy atom. The van der Waals surface area contributed by atoms with Crippen LogP contribution in [0.2, 0.25) is 0 Å². The van der Waals surface area contributed by atoms with E-state index in [1.54, 1.807) is 36.4 Å². The highest BCUT2D eigenvalue weighted by molar-refractivity contribution is 6.75. The fourth-order valence-electron chi connectivity index (χ4n) is 1.65. The molecule has 0 radical (unpaired) electrons. The average Bonchev–Trinajstić information content (AvgIpc) is 2.54. The van der Waals surface area contributed by atoms with E-state index in [0.717, 1.165) is 0 Å². The minimum atomic E-state index is -2.69. The third-order valence-corrected chi connectivity index (χ3v) is 4.59. The summed E-state index contributed by atoms with van der Waals surface area (Å²) < 4.78 is 7.57. The first-order valence-electron chi connectivity index (χ1n) is 6.55. The van der Waals surface area contributed by atoms with Gasteiger partial charge in [-0.15, -0.1) is 0 Å². The van der Waals surface area contributed by atoms with Crippen LogP contribution in [0.3, 0.4) is 0 Å². The van der Waals surface area contributed by atoms with Crippen LogP contribution >= 0.6 is 46.4 Å². The van der Waals surface area contributed by atoms with Gasteiger partial charge in [0, 0.05) is 0 Å². The summed E-state index contributed by atoms with van der Waals surface area (Å²) in [4.78, 5) is 22.1. The molecule has 2 aromatic carbocycles. The molecule has 0 saturated heterocycles. The summed E-state index contributed by atoms with van der Waals surface area (Å²) in [6.07, 6.45) is 0. The molecule has 0 bridgehead atoms. The number of benzene rings is 2. The van der Waals surface area contributed by atoms with Crippen molar-refractivity contribution in [1.82, 2.24) is 0 Å². The van der Waals surface area contributed by atoms with Gasteiger partial charge in [-0.25, -0.2) is 9.59 Å². The van der Waals surface area contributed by atoms with Gasteiger partial charge in [-0.3, -0.25) is 0 Å². The van der Waals surface area contributed by atoms with Crippen molar-refractivity contribution in [3.05, 3.63) is 60.7 Å². The lowest BCUT2D eigenvalue weighted by atomic mass is 10.1. The Labute approximate surface area is 158 Å². The summed E-state index contributed by atoms with van der Waals surface area (Å²) in [5.41, 5.74) is 0. The van der Waals surface area contributed by atoms with Gasteiger partial charge in [-0.05, 0) is 24.3 Å². The third kappa shape index (κ3) is 4.14. The van der Waals surface area contributed by atoms with E-state index in [2.05, 4.69) is 0 Å². The molecule has 2 rings (SSSR count). The van der Waals surface area contributed by atoms with E-state index >= 15 is 0 Å². The molecular weight excluding hydrogens is 398 g/mol. The number of hydrogen-bond donors (Lipinski definition) is 0. The Bertz CT molecular complexity index is 660. The number of halogens is 4. The number of hydrogen-bond acceptors (Lipinski definition) is 4. The highest BCUT2D eigenvalue weighted by Gasteiger charge is 2.62. The van der Waals surface area contributed by atoms with E-state index < -0.39 is 20.6 Å². The molecule has 0 unspecified atom stereocenters. The van der Waals surface area contributed by atoms with Crippen LogP contribution in [0.5, 0.6) is 11.5 Å². The monoisotopic (exact) mass is 406 g/mol. The lowest BCUT2D eigenvalue weighted by Gasteiger charge is -2.28. The maximum Gasteiger partial charge on any atom is 0.348 e. The summed E-state index contributed by atoms with van der Waals surface area (Å²) in [6, 6.07) is 15.8. The Kier molecular flexibility index (Phi) is 5.99. The quantitative estimate of drug-likeness (QED) is 0.323. The molecule has 8 heteroatoms. The lowest BCUT2D eigenvalue weighted by Crippen LogP contribution is -2.55. The lowest BCUT2D eigenvalue weighted by molar-refractivity contribution is -0.148. The fraction of sp³-hybridized carbons (Fsp3) is 0.125. The van der Waals surface area contributed by atoms with Crippen LogP contribution in [0.15, 0.2) is 60.7 Å². The predicted octanol–water partition coefficient (Wildman–Crippen LogP) is 4.55. The number of para-hydroxylation sites is 2. The molecule has 0 fully saturated rings. The average molecular weight is 408 g/mol. The van der Waals surface area contributed by atoms with Crippen LogP contribution in [0.4, 0.5) is 0 Å². The topological polar surface area (TPSA) is 52.6 Å². The predicted molar refractivity (Wildman–Crippen MR) is 93.0 cm³/mol. The first-order valence-corrected chi connectivity index (χ1v) is 8.06. The molecule has 24 heavy (non-hydrogen) atoms. The van der Waals surface area contributed by atoms with Gasteiger partial charge in [-0.2, -0.15) is 0 Å². The van der Waals surface area contributed by atoms with Crippen molar-refractivity contribution < 1.29 is 19.1 Å². The van der Waals surface area contributed by atoms with E-state index in [0.29, 0.717) is 0 Å². The molecule has 4 nitrogen and oxygen atoms in total. The second-order valence-electron chi connectivity index (χ2n) is 4.56. The first-order chi connectivity index (χ1) is 11.2. The van der Waals surface area contributed by atoms with E-state index in [1.165, 1.54) is 24.3 Å². The first kappa shape index (κ1) is 18.9. The van der Waals surface area contributed by atoms with Crippen LogP contribution in [0.25, 0.3) is 0 Å². The van der Waals surface area contributed by atoms with Gasteiger partial charge in [0.05, 0.1) is 0 Å². The molecular formula is C16H10Cl4O4. The SMILES string of the molecule is O=C(Oc1ccccc1)C(Cl)(C(=O)Oc1ccccc1)C(Cl)(Cl)Cl. The molecule has 126 valence electrons. The number of ether oxygens (including phenoxy) is 2. The standard InChI is InChI=1S/C16H10Cl4O4/c17-15(16(18,19)20,13(21)23-11-7-3-1-4-8-11)14(22)24-12-9-5-2-6-10-12/h1-10H. The van der Waals surface area contributed by atoms with Crippen molar-refractivity contribution in [2.24, 2.45) is 0 Å². The number of carbonyl (C=O) groups excluding carboxylic acids is 2. The molecule has 2 aromatic rings. The largest absolute Gasteiger partial charge is 0.425 e. The zero-order valence-electron chi connectivity index (χ0n) is 11.9. The Hall–Kier alpha value is -1.46. The van der Waals surface area contributed by atoms with Crippen LogP contribution in [0.1, 0.15) is 0 Å². The van der Waals surface area contributed by atoms with Crippen molar-refractivity contribution in [1.29, 1.82) is 0 Å². The van der Waals surface area contributed by atoms with Gasteiger partial charge in [-0.1, -0.05) is 82.8 Å². The maximum atomic E-state index is 12.4. The molecule has 0 aliphatic rings. The molecule has 0 aliphatic heterocycles. The van der Waals surface area contributed by atoms with Gasteiger partial charge in [0.15, 0.2) is 0 Å². The number of rotatable bonds is 4. The number of carbonyl (C=O) groups is 2. The molecule has 0 amide bonds. The summed E-state index contributed by atoms with van der Waals surface area (Å²) in [6.45, 7) is 0. The van der Waals surface area contributed by atoms with Crippen molar-refractivity contribution in [2.75, 3.05) is 0 Å². The molecule has 0 saturated carbocycles. The van der Waals surface area contributed by atoms with Crippen molar-refractivity contribution in [2.45, 2.75) is 8.67 Å². The van der Waals surface area contributed by atoms with Gasteiger partial charge in [0.25, 0.3) is 4.87 Å². The van der Waals surface area contributed by atoms with Crippen molar-refractivity contribution >= 4 is 58.3 Å². The second-order valence-corrected chi connectivity index (χ2v) is 7.41. The van der Waals surface area contributed by atoms with E-state index in [-0.39, 0.29) is 11.5 Å². The zero-order chi connectivity index (χ0) is 17.8. The van der Waals surface area contributed by atoms with Gasteiger partial charge < -0.3 is 9.47 Å².